The van der Waals surface area contributed by atoms with Gasteiger partial charge in [0.15, 0.2) is 5.76 Å². The summed E-state index contributed by atoms with van der Waals surface area (Å²) >= 11 is 1.64. The number of rotatable bonds is 5. The van der Waals surface area contributed by atoms with Crippen LogP contribution in [0.1, 0.15) is 30.2 Å². The lowest BCUT2D eigenvalue weighted by Crippen LogP contribution is -2.18. The van der Waals surface area contributed by atoms with Crippen molar-refractivity contribution in [1.29, 1.82) is 0 Å². The molecule has 0 spiro atoms. The molecule has 0 radical (unpaired) electrons. The second kappa shape index (κ2) is 5.63. The molecule has 0 saturated heterocycles. The second-order valence-corrected chi connectivity index (χ2v) is 6.06. The minimum atomic E-state index is 0.641. The zero-order chi connectivity index (χ0) is 13.1. The summed E-state index contributed by atoms with van der Waals surface area (Å²) in [7, 11) is 0. The van der Waals surface area contributed by atoms with Crippen molar-refractivity contribution in [2.24, 2.45) is 5.92 Å². The third-order valence-corrected chi connectivity index (χ3v) is 3.63. The van der Waals surface area contributed by atoms with Crippen LogP contribution in [-0.2, 0) is 6.54 Å². The first-order chi connectivity index (χ1) is 8.56. The Morgan fingerprint density at radius 3 is 2.78 bits per heavy atom. The molecule has 0 fully saturated rings. The van der Waals surface area contributed by atoms with Crippen LogP contribution >= 0.6 is 11.3 Å². The molecule has 2 aromatic rings. The van der Waals surface area contributed by atoms with Gasteiger partial charge in [0.05, 0.1) is 21.3 Å². The molecule has 1 N–H and O–H groups in total. The quantitative estimate of drug-likeness (QED) is 0.902. The highest BCUT2D eigenvalue weighted by molar-refractivity contribution is 7.15. The van der Waals surface area contributed by atoms with Crippen LogP contribution in [0.4, 0.5) is 0 Å². The Labute approximate surface area is 111 Å². The van der Waals surface area contributed by atoms with Crippen molar-refractivity contribution in [3.63, 3.8) is 0 Å². The average Bonchev–Trinajstić information content (AvgIpc) is 2.85. The molecule has 2 heterocycles. The molecule has 98 valence electrons. The lowest BCUT2D eigenvalue weighted by atomic mass is 10.2. The van der Waals surface area contributed by atoms with Crippen molar-refractivity contribution < 1.29 is 4.52 Å². The highest BCUT2D eigenvalue weighted by atomic mass is 32.1. The molecule has 0 aliphatic heterocycles. The van der Waals surface area contributed by atoms with Gasteiger partial charge in [-0.2, -0.15) is 0 Å². The van der Waals surface area contributed by atoms with E-state index in [9.17, 15) is 0 Å². The van der Waals surface area contributed by atoms with Gasteiger partial charge in [0, 0.05) is 12.6 Å². The predicted octanol–water partition coefficient (Wildman–Crippen LogP) is 3.16. The van der Waals surface area contributed by atoms with Crippen molar-refractivity contribution in [2.75, 3.05) is 6.54 Å². The molecule has 0 bridgehead atoms. The molecule has 5 heteroatoms. The number of nitrogens with one attached hydrogen (secondary N) is 1. The average molecular weight is 265 g/mol. The van der Waals surface area contributed by atoms with Gasteiger partial charge in [-0.1, -0.05) is 19.0 Å². The fraction of sp³-hybridized carbons (Fsp3) is 0.538. The van der Waals surface area contributed by atoms with Gasteiger partial charge in [-0.25, -0.2) is 4.98 Å². The SMILES string of the molecule is Cc1nc(C)c(-c2cc(CNCC(C)C)no2)s1. The van der Waals surface area contributed by atoms with Crippen LogP contribution in [0.25, 0.3) is 10.6 Å². The number of hydrogen-bond acceptors (Lipinski definition) is 5. The topological polar surface area (TPSA) is 51.0 Å². The number of thiazole rings is 1. The van der Waals surface area contributed by atoms with E-state index in [-0.39, 0.29) is 0 Å². The molecule has 0 atom stereocenters. The van der Waals surface area contributed by atoms with Crippen LogP contribution < -0.4 is 5.32 Å². The van der Waals surface area contributed by atoms with E-state index in [0.29, 0.717) is 5.92 Å². The molecule has 0 unspecified atom stereocenters. The van der Waals surface area contributed by atoms with Crippen LogP contribution in [0.2, 0.25) is 0 Å². The Balaban J connectivity index is 2.04. The van der Waals surface area contributed by atoms with Crippen molar-refractivity contribution in [1.82, 2.24) is 15.5 Å². The zero-order valence-corrected chi connectivity index (χ0v) is 12.1. The van der Waals surface area contributed by atoms with Crippen molar-refractivity contribution in [2.45, 2.75) is 34.2 Å². The van der Waals surface area contributed by atoms with Gasteiger partial charge in [0.2, 0.25) is 0 Å². The monoisotopic (exact) mass is 265 g/mol. The molecule has 0 amide bonds. The molecule has 0 aromatic carbocycles. The van der Waals surface area contributed by atoms with Crippen LogP contribution in [0.3, 0.4) is 0 Å². The summed E-state index contributed by atoms with van der Waals surface area (Å²) in [4.78, 5) is 5.48. The molecule has 0 saturated carbocycles. The van der Waals surface area contributed by atoms with Gasteiger partial charge in [0.25, 0.3) is 0 Å². The Hall–Kier alpha value is -1.20. The Morgan fingerprint density at radius 1 is 1.39 bits per heavy atom. The number of aromatic nitrogens is 2. The maximum atomic E-state index is 5.38. The maximum Gasteiger partial charge on any atom is 0.179 e. The maximum absolute atomic E-state index is 5.38. The summed E-state index contributed by atoms with van der Waals surface area (Å²) in [5.74, 6) is 1.46. The fourth-order valence-electron chi connectivity index (χ4n) is 1.75. The summed E-state index contributed by atoms with van der Waals surface area (Å²) in [6.07, 6.45) is 0. The molecule has 2 rings (SSSR count). The zero-order valence-electron chi connectivity index (χ0n) is 11.3. The third-order valence-electron chi connectivity index (χ3n) is 2.54. The van der Waals surface area contributed by atoms with E-state index < -0.39 is 0 Å². The van der Waals surface area contributed by atoms with E-state index in [0.717, 1.165) is 40.1 Å². The first-order valence-corrected chi connectivity index (χ1v) is 6.98. The van der Waals surface area contributed by atoms with Crippen LogP contribution in [0, 0.1) is 19.8 Å². The molecular weight excluding hydrogens is 246 g/mol. The lowest BCUT2D eigenvalue weighted by molar-refractivity contribution is 0.418. The summed E-state index contributed by atoms with van der Waals surface area (Å²) < 4.78 is 5.38. The van der Waals surface area contributed by atoms with Crippen LogP contribution in [-0.4, -0.2) is 16.7 Å². The van der Waals surface area contributed by atoms with E-state index >= 15 is 0 Å². The molecule has 0 aliphatic carbocycles. The van der Waals surface area contributed by atoms with Crippen LogP contribution in [0.15, 0.2) is 10.6 Å². The van der Waals surface area contributed by atoms with E-state index in [1.54, 1.807) is 11.3 Å². The van der Waals surface area contributed by atoms with Gasteiger partial charge >= 0.3 is 0 Å². The van der Waals surface area contributed by atoms with Gasteiger partial charge in [0.1, 0.15) is 0 Å². The highest BCUT2D eigenvalue weighted by Gasteiger charge is 2.13. The predicted molar refractivity (Wildman–Crippen MR) is 73.6 cm³/mol. The van der Waals surface area contributed by atoms with Crippen molar-refractivity contribution >= 4 is 11.3 Å². The molecular formula is C13H19N3OS. The van der Waals surface area contributed by atoms with E-state index in [4.69, 9.17) is 4.52 Å². The van der Waals surface area contributed by atoms with E-state index in [1.165, 1.54) is 0 Å². The molecule has 2 aromatic heterocycles. The third kappa shape index (κ3) is 3.17. The van der Waals surface area contributed by atoms with E-state index in [2.05, 4.69) is 29.3 Å². The fourth-order valence-corrected chi connectivity index (χ4v) is 2.62. The largest absolute Gasteiger partial charge is 0.355 e. The standard InChI is InChI=1S/C13H19N3OS/c1-8(2)6-14-7-11-5-12(17-16-11)13-9(3)15-10(4)18-13/h5,8,14H,6-7H2,1-4H3. The Morgan fingerprint density at radius 2 is 2.17 bits per heavy atom. The number of aryl methyl sites for hydroxylation is 2. The normalized spacial score (nSPS) is 11.4. The number of hydrogen-bond donors (Lipinski definition) is 1. The van der Waals surface area contributed by atoms with Gasteiger partial charge in [-0.15, -0.1) is 11.3 Å². The summed E-state index contributed by atoms with van der Waals surface area (Å²) in [6.45, 7) is 10.1. The van der Waals surface area contributed by atoms with Gasteiger partial charge < -0.3 is 9.84 Å². The molecule has 0 aliphatic rings. The minimum absolute atomic E-state index is 0.641. The van der Waals surface area contributed by atoms with Gasteiger partial charge in [-0.3, -0.25) is 0 Å². The lowest BCUT2D eigenvalue weighted by Gasteiger charge is -2.03. The first-order valence-electron chi connectivity index (χ1n) is 6.17. The van der Waals surface area contributed by atoms with Crippen molar-refractivity contribution in [3.8, 4) is 10.6 Å². The Kier molecular flexibility index (Phi) is 4.14. The summed E-state index contributed by atoms with van der Waals surface area (Å²) in [5, 5.41) is 8.49. The van der Waals surface area contributed by atoms with Gasteiger partial charge in [-0.05, 0) is 26.3 Å². The highest BCUT2D eigenvalue weighted by Crippen LogP contribution is 2.29. The summed E-state index contributed by atoms with van der Waals surface area (Å²) in [6, 6.07) is 1.99. The van der Waals surface area contributed by atoms with Crippen molar-refractivity contribution in [3.05, 3.63) is 22.5 Å². The summed E-state index contributed by atoms with van der Waals surface area (Å²) in [5.41, 5.74) is 1.95. The smallest absolute Gasteiger partial charge is 0.179 e. The Bertz CT molecular complexity index is 516. The molecule has 4 nitrogen and oxygen atoms in total. The molecule has 18 heavy (non-hydrogen) atoms. The first kappa shape index (κ1) is 13.2. The van der Waals surface area contributed by atoms with E-state index in [1.807, 2.05) is 19.9 Å². The van der Waals surface area contributed by atoms with Crippen LogP contribution in [0.5, 0.6) is 0 Å². The minimum Gasteiger partial charge on any atom is -0.355 e. The second-order valence-electron chi connectivity index (χ2n) is 4.85. The number of nitrogens with zero attached hydrogens (tertiary/aromatic N) is 2.